The van der Waals surface area contributed by atoms with Crippen LogP contribution in [0.4, 0.5) is 0 Å². The fraction of sp³-hybridized carbons (Fsp3) is 0.333. The van der Waals surface area contributed by atoms with Gasteiger partial charge in [0, 0.05) is 16.7 Å². The van der Waals surface area contributed by atoms with Crippen LogP contribution in [0.15, 0.2) is 34.8 Å². The Labute approximate surface area is 126 Å². The van der Waals surface area contributed by atoms with Gasteiger partial charge in [-0.1, -0.05) is 48.0 Å². The third-order valence-corrected chi connectivity index (χ3v) is 3.95. The molecule has 1 aromatic heterocycles. The van der Waals surface area contributed by atoms with Crippen LogP contribution in [0.5, 0.6) is 0 Å². The molecule has 0 aliphatic rings. The molecule has 1 heterocycles. The summed E-state index contributed by atoms with van der Waals surface area (Å²) in [5.41, 5.74) is 2.25. The Balaban J connectivity index is 2.20. The molecule has 0 amide bonds. The number of carboxylic acid groups (broad SMARTS) is 1. The minimum Gasteiger partial charge on any atom is -0.476 e. The van der Waals surface area contributed by atoms with E-state index in [0.717, 1.165) is 16.6 Å². The fourth-order valence-corrected chi connectivity index (χ4v) is 2.59. The van der Waals surface area contributed by atoms with Gasteiger partial charge in [-0.05, 0) is 30.0 Å². The predicted molar refractivity (Wildman–Crippen MR) is 81.1 cm³/mol. The standard InChI is InChI=1S/C15H17BrN2O2/c1-10(2)14-9-13(15(19)20)17-18(14)8-7-11-5-3-4-6-12(11)16/h3-6,9-10H,7-8H2,1-2H3,(H,19,20). The summed E-state index contributed by atoms with van der Waals surface area (Å²) in [5, 5.41) is 13.2. The molecule has 4 nitrogen and oxygen atoms in total. The number of carboxylic acids is 1. The van der Waals surface area contributed by atoms with Crippen molar-refractivity contribution in [1.29, 1.82) is 0 Å². The molecule has 0 unspecified atom stereocenters. The lowest BCUT2D eigenvalue weighted by atomic mass is 10.1. The number of aryl methyl sites for hydroxylation is 2. The number of carbonyl (C=O) groups is 1. The third-order valence-electron chi connectivity index (χ3n) is 3.17. The molecule has 0 bridgehead atoms. The second kappa shape index (κ2) is 6.22. The first-order valence-electron chi connectivity index (χ1n) is 6.53. The van der Waals surface area contributed by atoms with Gasteiger partial charge in [-0.3, -0.25) is 4.68 Å². The van der Waals surface area contributed by atoms with Gasteiger partial charge in [0.15, 0.2) is 5.69 Å². The number of aromatic carboxylic acids is 1. The Bertz CT molecular complexity index is 620. The van der Waals surface area contributed by atoms with Crippen LogP contribution in [0.25, 0.3) is 0 Å². The van der Waals surface area contributed by atoms with Crippen molar-refractivity contribution < 1.29 is 9.90 Å². The zero-order chi connectivity index (χ0) is 14.7. The number of aromatic nitrogens is 2. The maximum atomic E-state index is 11.0. The van der Waals surface area contributed by atoms with Crippen LogP contribution in [0.1, 0.15) is 41.5 Å². The Morgan fingerprint density at radius 2 is 2.10 bits per heavy atom. The van der Waals surface area contributed by atoms with Crippen LogP contribution < -0.4 is 0 Å². The summed E-state index contributed by atoms with van der Waals surface area (Å²) in [4.78, 5) is 11.0. The molecule has 5 heteroatoms. The van der Waals surface area contributed by atoms with Crippen molar-refractivity contribution in [1.82, 2.24) is 9.78 Å². The summed E-state index contributed by atoms with van der Waals surface area (Å²) in [5.74, 6) is -0.735. The summed E-state index contributed by atoms with van der Waals surface area (Å²) in [7, 11) is 0. The Morgan fingerprint density at radius 1 is 1.40 bits per heavy atom. The van der Waals surface area contributed by atoms with Gasteiger partial charge in [-0.2, -0.15) is 5.10 Å². The van der Waals surface area contributed by atoms with Crippen LogP contribution in [-0.4, -0.2) is 20.9 Å². The van der Waals surface area contributed by atoms with E-state index in [-0.39, 0.29) is 11.6 Å². The molecule has 0 aliphatic heterocycles. The maximum absolute atomic E-state index is 11.0. The van der Waals surface area contributed by atoms with Crippen LogP contribution in [0.2, 0.25) is 0 Å². The molecule has 20 heavy (non-hydrogen) atoms. The molecule has 0 aliphatic carbocycles. The molecule has 0 fully saturated rings. The maximum Gasteiger partial charge on any atom is 0.356 e. The number of halogens is 1. The van der Waals surface area contributed by atoms with E-state index in [2.05, 4.69) is 27.1 Å². The normalized spacial score (nSPS) is 11.0. The van der Waals surface area contributed by atoms with Crippen LogP contribution in [0.3, 0.4) is 0 Å². The van der Waals surface area contributed by atoms with Gasteiger partial charge in [-0.25, -0.2) is 4.79 Å². The monoisotopic (exact) mass is 336 g/mol. The van der Waals surface area contributed by atoms with E-state index in [1.807, 2.05) is 32.0 Å². The predicted octanol–water partition coefficient (Wildman–Crippen LogP) is 3.71. The summed E-state index contributed by atoms with van der Waals surface area (Å²) in [6.07, 6.45) is 0.807. The Morgan fingerprint density at radius 3 is 2.70 bits per heavy atom. The molecule has 1 N–H and O–H groups in total. The minimum absolute atomic E-state index is 0.112. The topological polar surface area (TPSA) is 55.1 Å². The summed E-state index contributed by atoms with van der Waals surface area (Å²) in [6, 6.07) is 9.69. The zero-order valence-corrected chi connectivity index (χ0v) is 13.1. The van der Waals surface area contributed by atoms with Crippen LogP contribution in [0, 0.1) is 0 Å². The van der Waals surface area contributed by atoms with E-state index >= 15 is 0 Å². The second-order valence-corrected chi connectivity index (χ2v) is 5.83. The van der Waals surface area contributed by atoms with Gasteiger partial charge in [0.2, 0.25) is 0 Å². The summed E-state index contributed by atoms with van der Waals surface area (Å²) >= 11 is 3.52. The van der Waals surface area contributed by atoms with Gasteiger partial charge in [0.25, 0.3) is 0 Å². The number of hydrogen-bond donors (Lipinski definition) is 1. The quantitative estimate of drug-likeness (QED) is 0.905. The fourth-order valence-electron chi connectivity index (χ4n) is 2.11. The van der Waals surface area contributed by atoms with Crippen molar-refractivity contribution in [2.45, 2.75) is 32.7 Å². The van der Waals surface area contributed by atoms with E-state index in [1.165, 1.54) is 5.56 Å². The SMILES string of the molecule is CC(C)c1cc(C(=O)O)nn1CCc1ccccc1Br. The first-order chi connectivity index (χ1) is 9.49. The van der Waals surface area contributed by atoms with Crippen molar-refractivity contribution >= 4 is 21.9 Å². The lowest BCUT2D eigenvalue weighted by molar-refractivity contribution is 0.0689. The highest BCUT2D eigenvalue weighted by atomic mass is 79.9. The van der Waals surface area contributed by atoms with E-state index < -0.39 is 5.97 Å². The van der Waals surface area contributed by atoms with Gasteiger partial charge in [-0.15, -0.1) is 0 Å². The Kier molecular flexibility index (Phi) is 4.60. The lowest BCUT2D eigenvalue weighted by Gasteiger charge is -2.10. The van der Waals surface area contributed by atoms with E-state index in [1.54, 1.807) is 10.7 Å². The molecule has 0 radical (unpaired) electrons. The summed E-state index contributed by atoms with van der Waals surface area (Å²) < 4.78 is 2.87. The van der Waals surface area contributed by atoms with E-state index in [9.17, 15) is 4.79 Å². The zero-order valence-electron chi connectivity index (χ0n) is 11.5. The molecule has 2 rings (SSSR count). The van der Waals surface area contributed by atoms with Crippen LogP contribution >= 0.6 is 15.9 Å². The van der Waals surface area contributed by atoms with Gasteiger partial charge < -0.3 is 5.11 Å². The average molecular weight is 337 g/mol. The number of benzene rings is 1. The molecular formula is C15H17BrN2O2. The largest absolute Gasteiger partial charge is 0.476 e. The number of nitrogens with zero attached hydrogens (tertiary/aromatic N) is 2. The second-order valence-electron chi connectivity index (χ2n) is 4.98. The average Bonchev–Trinajstić information content (AvgIpc) is 2.82. The molecule has 1 aromatic carbocycles. The highest BCUT2D eigenvalue weighted by Gasteiger charge is 2.15. The molecule has 0 spiro atoms. The van der Waals surface area contributed by atoms with Crippen molar-refractivity contribution in [3.8, 4) is 0 Å². The molecule has 106 valence electrons. The summed E-state index contributed by atoms with van der Waals surface area (Å²) in [6.45, 7) is 4.75. The van der Waals surface area contributed by atoms with Gasteiger partial charge in [0.1, 0.15) is 0 Å². The molecule has 0 atom stereocenters. The van der Waals surface area contributed by atoms with Crippen LogP contribution in [-0.2, 0) is 13.0 Å². The Hall–Kier alpha value is -1.62. The highest BCUT2D eigenvalue weighted by molar-refractivity contribution is 9.10. The van der Waals surface area contributed by atoms with Crippen molar-refractivity contribution in [3.63, 3.8) is 0 Å². The van der Waals surface area contributed by atoms with Crippen molar-refractivity contribution in [2.24, 2.45) is 0 Å². The minimum atomic E-state index is -0.980. The lowest BCUT2D eigenvalue weighted by Crippen LogP contribution is -2.09. The molecule has 0 saturated heterocycles. The van der Waals surface area contributed by atoms with Gasteiger partial charge in [0.05, 0.1) is 0 Å². The first kappa shape index (κ1) is 14.8. The molecule has 2 aromatic rings. The van der Waals surface area contributed by atoms with Gasteiger partial charge >= 0.3 is 5.97 Å². The number of rotatable bonds is 5. The van der Waals surface area contributed by atoms with Crippen molar-refractivity contribution in [2.75, 3.05) is 0 Å². The van der Waals surface area contributed by atoms with E-state index in [0.29, 0.717) is 6.54 Å². The molecular weight excluding hydrogens is 320 g/mol. The number of hydrogen-bond acceptors (Lipinski definition) is 2. The first-order valence-corrected chi connectivity index (χ1v) is 7.32. The van der Waals surface area contributed by atoms with E-state index in [4.69, 9.17) is 5.11 Å². The van der Waals surface area contributed by atoms with Crippen molar-refractivity contribution in [3.05, 3.63) is 51.8 Å². The smallest absolute Gasteiger partial charge is 0.356 e. The highest BCUT2D eigenvalue weighted by Crippen LogP contribution is 2.19. The molecule has 0 saturated carbocycles. The third kappa shape index (κ3) is 3.28.